The van der Waals surface area contributed by atoms with Crippen molar-refractivity contribution in [2.24, 2.45) is 11.7 Å². The number of nitrogens with two attached hydrogens (primary N) is 1. The molecule has 1 saturated heterocycles. The highest BCUT2D eigenvalue weighted by Crippen LogP contribution is 2.24. The molecule has 0 aromatic heterocycles. The third-order valence-corrected chi connectivity index (χ3v) is 6.08. The molecule has 1 aromatic carbocycles. The van der Waals surface area contributed by atoms with E-state index < -0.39 is 16.0 Å². The molecule has 27 heavy (non-hydrogen) atoms. The van der Waals surface area contributed by atoms with E-state index in [1.807, 2.05) is 0 Å². The van der Waals surface area contributed by atoms with E-state index in [1.165, 1.54) is 28.6 Å². The summed E-state index contributed by atoms with van der Waals surface area (Å²) in [7, 11) is -3.73. The SMILES string of the molecule is CCOC(=O)c1ccc(S(=O)(=O)N2CCCC(C(=O)NCCN)C2)cc1.Cl. The number of carbonyl (C=O) groups excluding carboxylic acids is 2. The standard InChI is InChI=1S/C17H25N3O5S.ClH/c1-2-25-17(22)13-5-7-15(8-6-13)26(23,24)20-11-3-4-14(12-20)16(21)19-10-9-18;/h5-8,14H,2-4,9-12,18H2,1H3,(H,19,21);1H. The van der Waals surface area contributed by atoms with Crippen molar-refractivity contribution in [2.75, 3.05) is 32.8 Å². The molecule has 152 valence electrons. The Kier molecular flexibility index (Phi) is 9.17. The number of piperidine rings is 1. The van der Waals surface area contributed by atoms with Crippen molar-refractivity contribution < 1.29 is 22.7 Å². The minimum absolute atomic E-state index is 0. The molecule has 3 N–H and O–H groups in total. The summed E-state index contributed by atoms with van der Waals surface area (Å²) in [6.45, 7) is 3.17. The van der Waals surface area contributed by atoms with Gasteiger partial charge in [-0.3, -0.25) is 4.79 Å². The summed E-state index contributed by atoms with van der Waals surface area (Å²) in [6.07, 6.45) is 1.26. The molecule has 10 heteroatoms. The fraction of sp³-hybridized carbons (Fsp3) is 0.529. The van der Waals surface area contributed by atoms with E-state index in [-0.39, 0.29) is 42.3 Å². The third-order valence-electron chi connectivity index (χ3n) is 4.20. The molecule has 1 aromatic rings. The van der Waals surface area contributed by atoms with E-state index >= 15 is 0 Å². The van der Waals surface area contributed by atoms with Crippen LogP contribution >= 0.6 is 12.4 Å². The van der Waals surface area contributed by atoms with Crippen LogP contribution in [0.5, 0.6) is 0 Å². The van der Waals surface area contributed by atoms with E-state index in [1.54, 1.807) is 6.92 Å². The second-order valence-corrected chi connectivity index (χ2v) is 7.96. The molecular formula is C17H26ClN3O5S. The molecule has 8 nitrogen and oxygen atoms in total. The van der Waals surface area contributed by atoms with Gasteiger partial charge in [0.1, 0.15) is 0 Å². The van der Waals surface area contributed by atoms with Crippen LogP contribution in [0.25, 0.3) is 0 Å². The number of nitrogens with zero attached hydrogens (tertiary/aromatic N) is 1. The normalized spacial score (nSPS) is 17.6. The smallest absolute Gasteiger partial charge is 0.338 e. The number of halogens is 1. The Balaban J connectivity index is 0.00000364. The highest BCUT2D eigenvalue weighted by Gasteiger charge is 2.33. The number of carbonyl (C=O) groups is 2. The summed E-state index contributed by atoms with van der Waals surface area (Å²) in [5, 5.41) is 2.71. The maximum atomic E-state index is 12.8. The number of esters is 1. The molecule has 0 spiro atoms. The number of hydrogen-bond donors (Lipinski definition) is 2. The quantitative estimate of drug-likeness (QED) is 0.630. The highest BCUT2D eigenvalue weighted by molar-refractivity contribution is 7.89. The lowest BCUT2D eigenvalue weighted by molar-refractivity contribution is -0.126. The molecule has 0 bridgehead atoms. The van der Waals surface area contributed by atoms with Gasteiger partial charge in [-0.2, -0.15) is 4.31 Å². The van der Waals surface area contributed by atoms with E-state index in [4.69, 9.17) is 10.5 Å². The van der Waals surface area contributed by atoms with Crippen LogP contribution in [0.3, 0.4) is 0 Å². The monoisotopic (exact) mass is 419 g/mol. The molecule has 1 unspecified atom stereocenters. The van der Waals surface area contributed by atoms with Crippen molar-refractivity contribution in [3.63, 3.8) is 0 Å². The molecular weight excluding hydrogens is 394 g/mol. The molecule has 1 aliphatic rings. The summed E-state index contributed by atoms with van der Waals surface area (Å²) in [5.74, 6) is -1.05. The maximum absolute atomic E-state index is 12.8. The van der Waals surface area contributed by atoms with Crippen molar-refractivity contribution >= 4 is 34.3 Å². The molecule has 1 heterocycles. The molecule has 1 fully saturated rings. The number of hydrogen-bond acceptors (Lipinski definition) is 6. The van der Waals surface area contributed by atoms with Crippen LogP contribution in [0.15, 0.2) is 29.2 Å². The van der Waals surface area contributed by atoms with Crippen molar-refractivity contribution in [3.05, 3.63) is 29.8 Å². The van der Waals surface area contributed by atoms with E-state index in [0.717, 1.165) is 0 Å². The lowest BCUT2D eigenvalue weighted by Crippen LogP contribution is -2.46. The number of amides is 1. The van der Waals surface area contributed by atoms with Crippen LogP contribution in [-0.4, -0.2) is 57.4 Å². The predicted molar refractivity (Wildman–Crippen MR) is 103 cm³/mol. The zero-order valence-electron chi connectivity index (χ0n) is 15.2. The largest absolute Gasteiger partial charge is 0.462 e. The summed E-state index contributed by atoms with van der Waals surface area (Å²) in [6, 6.07) is 5.64. The molecule has 0 saturated carbocycles. The summed E-state index contributed by atoms with van der Waals surface area (Å²) >= 11 is 0. The van der Waals surface area contributed by atoms with Crippen LogP contribution in [0.4, 0.5) is 0 Å². The molecule has 1 aliphatic heterocycles. The van der Waals surface area contributed by atoms with Gasteiger partial charge in [0.25, 0.3) is 0 Å². The predicted octanol–water partition coefficient (Wildman–Crippen LogP) is 0.761. The van der Waals surface area contributed by atoms with Crippen molar-refractivity contribution in [1.29, 1.82) is 0 Å². The van der Waals surface area contributed by atoms with Gasteiger partial charge in [0.15, 0.2) is 0 Å². The van der Waals surface area contributed by atoms with Gasteiger partial charge in [0.05, 0.1) is 23.0 Å². The summed E-state index contributed by atoms with van der Waals surface area (Å²) in [5.41, 5.74) is 5.67. The van der Waals surface area contributed by atoms with Crippen LogP contribution < -0.4 is 11.1 Å². The number of sulfonamides is 1. The van der Waals surface area contributed by atoms with Crippen LogP contribution in [-0.2, 0) is 19.6 Å². The fourth-order valence-electron chi connectivity index (χ4n) is 2.84. The van der Waals surface area contributed by atoms with Crippen LogP contribution in [0.1, 0.15) is 30.1 Å². The first-order valence-electron chi connectivity index (χ1n) is 8.65. The third kappa shape index (κ3) is 5.90. The average Bonchev–Trinajstić information content (AvgIpc) is 2.66. The van der Waals surface area contributed by atoms with E-state index in [2.05, 4.69) is 5.32 Å². The van der Waals surface area contributed by atoms with E-state index in [0.29, 0.717) is 38.0 Å². The average molecular weight is 420 g/mol. The number of nitrogens with one attached hydrogen (secondary N) is 1. The number of ether oxygens (including phenoxy) is 1. The molecule has 1 atom stereocenters. The van der Waals surface area contributed by atoms with Gasteiger partial charge >= 0.3 is 5.97 Å². The Morgan fingerprint density at radius 2 is 1.96 bits per heavy atom. The minimum Gasteiger partial charge on any atom is -0.462 e. The van der Waals surface area contributed by atoms with Gasteiger partial charge in [0.2, 0.25) is 15.9 Å². The second-order valence-electron chi connectivity index (χ2n) is 6.03. The summed E-state index contributed by atoms with van der Waals surface area (Å²) < 4.78 is 31.9. The fourth-order valence-corrected chi connectivity index (χ4v) is 4.36. The van der Waals surface area contributed by atoms with Gasteiger partial charge < -0.3 is 15.8 Å². The molecule has 2 rings (SSSR count). The zero-order chi connectivity index (χ0) is 19.2. The highest BCUT2D eigenvalue weighted by atomic mass is 35.5. The Hall–Kier alpha value is -1.68. The Morgan fingerprint density at radius 1 is 1.30 bits per heavy atom. The molecule has 1 amide bonds. The van der Waals surface area contributed by atoms with Gasteiger partial charge in [-0.25, -0.2) is 13.2 Å². The summed E-state index contributed by atoms with van der Waals surface area (Å²) in [4.78, 5) is 23.9. The van der Waals surface area contributed by atoms with Gasteiger partial charge in [-0.1, -0.05) is 0 Å². The second kappa shape index (κ2) is 10.6. The Morgan fingerprint density at radius 3 is 2.56 bits per heavy atom. The minimum atomic E-state index is -3.73. The molecule has 0 radical (unpaired) electrons. The van der Waals surface area contributed by atoms with Crippen molar-refractivity contribution in [1.82, 2.24) is 9.62 Å². The van der Waals surface area contributed by atoms with E-state index in [9.17, 15) is 18.0 Å². The first-order valence-corrected chi connectivity index (χ1v) is 10.1. The zero-order valence-corrected chi connectivity index (χ0v) is 16.9. The number of rotatable bonds is 7. The Labute approximate surface area is 165 Å². The molecule has 0 aliphatic carbocycles. The van der Waals surface area contributed by atoms with Crippen molar-refractivity contribution in [2.45, 2.75) is 24.7 Å². The van der Waals surface area contributed by atoms with Crippen LogP contribution in [0, 0.1) is 5.92 Å². The van der Waals surface area contributed by atoms with Crippen LogP contribution in [0.2, 0.25) is 0 Å². The van der Waals surface area contributed by atoms with Gasteiger partial charge in [-0.15, -0.1) is 12.4 Å². The first-order chi connectivity index (χ1) is 12.4. The van der Waals surface area contributed by atoms with Crippen molar-refractivity contribution in [3.8, 4) is 0 Å². The van der Waals surface area contributed by atoms with Gasteiger partial charge in [-0.05, 0) is 44.0 Å². The lowest BCUT2D eigenvalue weighted by Gasteiger charge is -2.31. The number of benzene rings is 1. The topological polar surface area (TPSA) is 119 Å². The Bertz CT molecular complexity index is 739. The maximum Gasteiger partial charge on any atom is 0.338 e. The van der Waals surface area contributed by atoms with Gasteiger partial charge in [0, 0.05) is 26.2 Å². The first kappa shape index (κ1) is 23.4. The lowest BCUT2D eigenvalue weighted by atomic mass is 9.99.